The molecule has 144 valence electrons. The summed E-state index contributed by atoms with van der Waals surface area (Å²) in [6, 6.07) is 14.4. The van der Waals surface area contributed by atoms with Gasteiger partial charge in [0.05, 0.1) is 21.5 Å². The molecule has 7 heteroatoms. The largest absolute Gasteiger partial charge is 0.338 e. The van der Waals surface area contributed by atoms with Crippen molar-refractivity contribution >= 4 is 44.7 Å². The second-order valence-corrected chi connectivity index (χ2v) is 8.96. The van der Waals surface area contributed by atoms with Gasteiger partial charge in [-0.3, -0.25) is 9.20 Å². The summed E-state index contributed by atoms with van der Waals surface area (Å²) in [7, 11) is 0. The molecule has 1 amide bonds. The lowest BCUT2D eigenvalue weighted by atomic mass is 10.2. The highest BCUT2D eigenvalue weighted by Crippen LogP contribution is 2.32. The fourth-order valence-electron chi connectivity index (χ4n) is 3.34. The molecule has 0 fully saturated rings. The van der Waals surface area contributed by atoms with Gasteiger partial charge in [-0.1, -0.05) is 42.1 Å². The van der Waals surface area contributed by atoms with Gasteiger partial charge in [-0.15, -0.1) is 21.5 Å². The molecule has 4 aromatic rings. The Bertz CT molecular complexity index is 1130. The lowest BCUT2D eigenvalue weighted by Gasteiger charge is -2.20. The van der Waals surface area contributed by atoms with Gasteiger partial charge in [-0.2, -0.15) is 0 Å². The quantitative estimate of drug-likeness (QED) is 0.432. The van der Waals surface area contributed by atoms with Crippen molar-refractivity contribution in [2.75, 3.05) is 12.3 Å². The van der Waals surface area contributed by atoms with Crippen molar-refractivity contribution in [1.29, 1.82) is 0 Å². The van der Waals surface area contributed by atoms with Crippen molar-refractivity contribution in [2.24, 2.45) is 0 Å². The molecule has 0 aliphatic carbocycles. The van der Waals surface area contributed by atoms with Gasteiger partial charge in [0, 0.05) is 18.0 Å². The van der Waals surface area contributed by atoms with E-state index in [0.717, 1.165) is 27.4 Å². The van der Waals surface area contributed by atoms with E-state index in [1.165, 1.54) is 21.3 Å². The Balaban J connectivity index is 1.54. The summed E-state index contributed by atoms with van der Waals surface area (Å²) in [4.78, 5) is 15.9. The number of aryl methyl sites for hydroxylation is 2. The summed E-state index contributed by atoms with van der Waals surface area (Å²) >= 11 is 3.23. The number of aromatic nitrogens is 3. The predicted molar refractivity (Wildman–Crippen MR) is 116 cm³/mol. The maximum atomic E-state index is 12.8. The van der Waals surface area contributed by atoms with Crippen LogP contribution in [0.25, 0.3) is 15.7 Å². The topological polar surface area (TPSA) is 50.5 Å². The van der Waals surface area contributed by atoms with Gasteiger partial charge < -0.3 is 4.90 Å². The lowest BCUT2D eigenvalue weighted by Crippen LogP contribution is -2.31. The first-order valence-electron chi connectivity index (χ1n) is 9.26. The Morgan fingerprint density at radius 1 is 1.14 bits per heavy atom. The van der Waals surface area contributed by atoms with Crippen molar-refractivity contribution in [1.82, 2.24) is 19.5 Å². The van der Waals surface area contributed by atoms with Crippen LogP contribution in [0.5, 0.6) is 0 Å². The highest BCUT2D eigenvalue weighted by atomic mass is 32.2. The molecule has 0 atom stereocenters. The van der Waals surface area contributed by atoms with Crippen molar-refractivity contribution in [2.45, 2.75) is 32.3 Å². The standard InChI is InChI=1S/C21H22N4OS2/c1-4-24(12-16-8-6-5-7-9-16)20(26)13-27-21-18-11-19-17(10-14(2)28-19)25(18)15(3)22-23-21/h5-11H,4,12-13H2,1-3H3. The molecule has 0 N–H and O–H groups in total. The molecule has 3 aromatic heterocycles. The molecular formula is C21H22N4OS2. The third-order valence-electron chi connectivity index (χ3n) is 4.72. The second kappa shape index (κ2) is 7.93. The van der Waals surface area contributed by atoms with E-state index < -0.39 is 0 Å². The summed E-state index contributed by atoms with van der Waals surface area (Å²) in [5.74, 6) is 1.32. The van der Waals surface area contributed by atoms with Crippen LogP contribution in [0.15, 0.2) is 47.5 Å². The van der Waals surface area contributed by atoms with Crippen LogP contribution in [0.1, 0.15) is 23.2 Å². The van der Waals surface area contributed by atoms with E-state index in [1.807, 2.05) is 49.1 Å². The third-order valence-corrected chi connectivity index (χ3v) is 6.67. The van der Waals surface area contributed by atoms with Gasteiger partial charge >= 0.3 is 0 Å². The van der Waals surface area contributed by atoms with Crippen LogP contribution < -0.4 is 0 Å². The summed E-state index contributed by atoms with van der Waals surface area (Å²) in [5, 5.41) is 9.49. The van der Waals surface area contributed by atoms with Gasteiger partial charge in [0.15, 0.2) is 0 Å². The highest BCUT2D eigenvalue weighted by molar-refractivity contribution is 8.00. The Hall–Kier alpha value is -2.38. The van der Waals surface area contributed by atoms with E-state index in [4.69, 9.17) is 0 Å². The van der Waals surface area contributed by atoms with Gasteiger partial charge in [-0.25, -0.2) is 0 Å². The molecule has 5 nitrogen and oxygen atoms in total. The van der Waals surface area contributed by atoms with Crippen LogP contribution in [0.3, 0.4) is 0 Å². The molecule has 3 heterocycles. The van der Waals surface area contributed by atoms with Crippen molar-refractivity contribution < 1.29 is 4.79 Å². The number of rotatable bonds is 6. The molecule has 1 aromatic carbocycles. The zero-order valence-corrected chi connectivity index (χ0v) is 17.8. The van der Waals surface area contributed by atoms with Gasteiger partial charge in [-0.05, 0) is 38.5 Å². The highest BCUT2D eigenvalue weighted by Gasteiger charge is 2.17. The normalized spacial score (nSPS) is 11.4. The molecule has 0 radical (unpaired) electrons. The molecule has 0 saturated carbocycles. The molecule has 0 spiro atoms. The van der Waals surface area contributed by atoms with E-state index in [2.05, 4.69) is 33.7 Å². The number of hydrogen-bond acceptors (Lipinski definition) is 5. The van der Waals surface area contributed by atoms with Crippen molar-refractivity contribution in [3.05, 3.63) is 58.7 Å². The number of thioether (sulfide) groups is 1. The zero-order chi connectivity index (χ0) is 19.7. The maximum Gasteiger partial charge on any atom is 0.233 e. The van der Waals surface area contributed by atoms with E-state index in [9.17, 15) is 4.79 Å². The number of thiophene rings is 1. The fraction of sp³-hybridized carbons (Fsp3) is 0.286. The number of carbonyl (C=O) groups excluding carboxylic acids is 1. The predicted octanol–water partition coefficient (Wildman–Crippen LogP) is 4.70. The van der Waals surface area contributed by atoms with Gasteiger partial charge in [0.25, 0.3) is 0 Å². The van der Waals surface area contributed by atoms with Gasteiger partial charge in [0.2, 0.25) is 5.91 Å². The van der Waals surface area contributed by atoms with Crippen molar-refractivity contribution in [3.63, 3.8) is 0 Å². The van der Waals surface area contributed by atoms with Crippen LogP contribution in [-0.2, 0) is 11.3 Å². The third kappa shape index (κ3) is 3.64. The first-order valence-corrected chi connectivity index (χ1v) is 11.1. The summed E-state index contributed by atoms with van der Waals surface area (Å²) in [6.07, 6.45) is 0. The summed E-state index contributed by atoms with van der Waals surface area (Å²) in [5.41, 5.74) is 3.33. The average Bonchev–Trinajstić information content (AvgIpc) is 3.22. The van der Waals surface area contributed by atoms with Crippen LogP contribution in [0.4, 0.5) is 0 Å². The molecular weight excluding hydrogens is 388 g/mol. The number of fused-ring (bicyclic) bond motifs is 3. The lowest BCUT2D eigenvalue weighted by molar-refractivity contribution is -0.128. The first-order chi connectivity index (χ1) is 13.6. The minimum Gasteiger partial charge on any atom is -0.338 e. The van der Waals surface area contributed by atoms with Crippen LogP contribution in [-0.4, -0.2) is 37.7 Å². The van der Waals surface area contributed by atoms with E-state index in [0.29, 0.717) is 18.8 Å². The number of amides is 1. The number of nitrogens with zero attached hydrogens (tertiary/aromatic N) is 4. The van der Waals surface area contributed by atoms with E-state index >= 15 is 0 Å². The Morgan fingerprint density at radius 2 is 1.93 bits per heavy atom. The fourth-order valence-corrected chi connectivity index (χ4v) is 5.12. The minimum atomic E-state index is 0.112. The Kier molecular flexibility index (Phi) is 5.37. The molecule has 0 bridgehead atoms. The van der Waals surface area contributed by atoms with Crippen LogP contribution in [0, 0.1) is 13.8 Å². The zero-order valence-electron chi connectivity index (χ0n) is 16.2. The van der Waals surface area contributed by atoms with Crippen LogP contribution >= 0.6 is 23.1 Å². The van der Waals surface area contributed by atoms with E-state index in [-0.39, 0.29) is 5.91 Å². The summed E-state index contributed by atoms with van der Waals surface area (Å²) < 4.78 is 3.36. The number of benzene rings is 1. The molecule has 28 heavy (non-hydrogen) atoms. The van der Waals surface area contributed by atoms with Gasteiger partial charge in [0.1, 0.15) is 10.9 Å². The molecule has 4 rings (SSSR count). The smallest absolute Gasteiger partial charge is 0.233 e. The molecule has 0 unspecified atom stereocenters. The number of hydrogen-bond donors (Lipinski definition) is 0. The summed E-state index contributed by atoms with van der Waals surface area (Å²) in [6.45, 7) is 7.40. The maximum absolute atomic E-state index is 12.8. The molecule has 0 aliphatic heterocycles. The molecule has 0 saturated heterocycles. The monoisotopic (exact) mass is 410 g/mol. The van der Waals surface area contributed by atoms with E-state index in [1.54, 1.807) is 11.3 Å². The molecule has 0 aliphatic rings. The Morgan fingerprint density at radius 3 is 2.68 bits per heavy atom. The average molecular weight is 411 g/mol. The first kappa shape index (κ1) is 19.0. The SMILES string of the molecule is CCN(Cc1ccccc1)C(=O)CSc1nnc(C)n2c1cc1sc(C)cc12. The Labute approximate surface area is 172 Å². The van der Waals surface area contributed by atoms with Crippen LogP contribution in [0.2, 0.25) is 0 Å². The van der Waals surface area contributed by atoms with Crippen molar-refractivity contribution in [3.8, 4) is 0 Å². The minimum absolute atomic E-state index is 0.112. The second-order valence-electron chi connectivity index (χ2n) is 6.71. The number of carbonyl (C=O) groups is 1.